The van der Waals surface area contributed by atoms with Crippen LogP contribution in [0.1, 0.15) is 96.0 Å². The molecule has 2 nitrogen and oxygen atoms in total. The van der Waals surface area contributed by atoms with Gasteiger partial charge in [-0.1, -0.05) is 13.8 Å². The Morgan fingerprint density at radius 3 is 2.59 bits per heavy atom. The highest BCUT2D eigenvalue weighted by atomic mass is 32.1. The number of likely N-dealkylation sites (tertiary alicyclic amines) is 1. The van der Waals surface area contributed by atoms with Crippen LogP contribution in [-0.4, -0.2) is 37.2 Å². The Morgan fingerprint density at radius 1 is 0.969 bits per heavy atom. The molecular formula is C29H45NOS. The lowest BCUT2D eigenvalue weighted by Gasteiger charge is -2.61. The van der Waals surface area contributed by atoms with E-state index in [1.165, 1.54) is 83.7 Å². The number of fused-ring (bicyclic) bond motifs is 5. The topological polar surface area (TPSA) is 12.5 Å². The minimum atomic E-state index is 0.538. The van der Waals surface area contributed by atoms with Crippen molar-refractivity contribution >= 4 is 11.3 Å². The lowest BCUT2D eigenvalue weighted by Crippen LogP contribution is -2.54. The van der Waals surface area contributed by atoms with Gasteiger partial charge >= 0.3 is 0 Å². The van der Waals surface area contributed by atoms with Crippen molar-refractivity contribution in [2.75, 3.05) is 26.2 Å². The standard InChI is InChI=1S/C29H45NOS/c1-28-12-9-23(31-17-16-30-14-3-4-15-30)19-22(28)5-6-24-26-8-7-25(21-11-18-32-20-21)29(26,2)13-10-27(24)28/h11,18,20,22-27H,3-10,12-17,19H2,1-2H3/t22-,23-,24-,25+,26-,27-,28-,29+/m0/s1. The molecule has 8 atom stereocenters. The van der Waals surface area contributed by atoms with Gasteiger partial charge in [0.1, 0.15) is 0 Å². The number of thiophene rings is 1. The van der Waals surface area contributed by atoms with Crippen molar-refractivity contribution < 1.29 is 4.74 Å². The Morgan fingerprint density at radius 2 is 1.78 bits per heavy atom. The zero-order chi connectivity index (χ0) is 21.8. The van der Waals surface area contributed by atoms with Crippen LogP contribution in [0.2, 0.25) is 0 Å². The fourth-order valence-electron chi connectivity index (χ4n) is 9.75. The van der Waals surface area contributed by atoms with E-state index in [1.54, 1.807) is 5.56 Å². The number of hydrogen-bond acceptors (Lipinski definition) is 3. The third-order valence-corrected chi connectivity index (χ3v) is 12.2. The minimum absolute atomic E-state index is 0.538. The molecule has 0 spiro atoms. The van der Waals surface area contributed by atoms with Crippen molar-refractivity contribution in [2.24, 2.45) is 34.5 Å². The SMILES string of the molecule is C[C@]12CC[C@H](OCCN3CCCC3)C[C@@H]1CC[C@@H]1[C@@H]2CC[C@]2(C)[C@@H](c3ccsc3)CC[C@@H]12. The summed E-state index contributed by atoms with van der Waals surface area (Å²) in [4.78, 5) is 2.60. The number of hydrogen-bond donors (Lipinski definition) is 0. The monoisotopic (exact) mass is 455 g/mol. The van der Waals surface area contributed by atoms with Crippen molar-refractivity contribution in [3.8, 4) is 0 Å². The zero-order valence-corrected chi connectivity index (χ0v) is 21.4. The van der Waals surface area contributed by atoms with Crippen LogP contribution in [0.25, 0.3) is 0 Å². The normalized spacial score (nSPS) is 46.6. The van der Waals surface area contributed by atoms with E-state index in [9.17, 15) is 0 Å². The van der Waals surface area contributed by atoms with Gasteiger partial charge in [-0.05, 0) is 147 Å². The summed E-state index contributed by atoms with van der Waals surface area (Å²) in [6.07, 6.45) is 16.3. The summed E-state index contributed by atoms with van der Waals surface area (Å²) < 4.78 is 6.48. The number of nitrogens with zero attached hydrogens (tertiary/aromatic N) is 1. The van der Waals surface area contributed by atoms with Crippen LogP contribution in [-0.2, 0) is 4.74 Å². The Labute approximate surface area is 200 Å². The highest BCUT2D eigenvalue weighted by molar-refractivity contribution is 7.08. The van der Waals surface area contributed by atoms with Crippen LogP contribution in [0.3, 0.4) is 0 Å². The fourth-order valence-corrected chi connectivity index (χ4v) is 10.5. The summed E-state index contributed by atoms with van der Waals surface area (Å²) in [5, 5.41) is 4.75. The Balaban J connectivity index is 1.10. The molecule has 2 heterocycles. The first kappa shape index (κ1) is 22.1. The fraction of sp³-hybridized carbons (Fsp3) is 0.862. The summed E-state index contributed by atoms with van der Waals surface area (Å²) in [5.41, 5.74) is 2.80. The molecule has 0 radical (unpaired) electrons. The molecule has 32 heavy (non-hydrogen) atoms. The minimum Gasteiger partial charge on any atom is -0.377 e. The highest BCUT2D eigenvalue weighted by Gasteiger charge is 2.60. The molecule has 5 fully saturated rings. The average Bonchev–Trinajstić information content (AvgIpc) is 3.54. The first-order valence-electron chi connectivity index (χ1n) is 13.9. The van der Waals surface area contributed by atoms with Gasteiger partial charge < -0.3 is 9.64 Å². The van der Waals surface area contributed by atoms with Gasteiger partial charge in [-0.25, -0.2) is 0 Å². The maximum absolute atomic E-state index is 6.48. The van der Waals surface area contributed by atoms with Crippen LogP contribution in [0.5, 0.6) is 0 Å². The molecule has 0 unspecified atom stereocenters. The van der Waals surface area contributed by atoms with Crippen LogP contribution >= 0.6 is 11.3 Å². The molecule has 6 rings (SSSR count). The summed E-state index contributed by atoms with van der Waals surface area (Å²) in [6.45, 7) is 10.1. The predicted octanol–water partition coefficient (Wildman–Crippen LogP) is 7.36. The van der Waals surface area contributed by atoms with Crippen LogP contribution in [0, 0.1) is 34.5 Å². The maximum Gasteiger partial charge on any atom is 0.0597 e. The Bertz CT molecular complexity index is 772. The van der Waals surface area contributed by atoms with Crippen LogP contribution < -0.4 is 0 Å². The zero-order valence-electron chi connectivity index (χ0n) is 20.6. The Kier molecular flexibility index (Phi) is 6.00. The van der Waals surface area contributed by atoms with E-state index in [4.69, 9.17) is 4.74 Å². The van der Waals surface area contributed by atoms with E-state index >= 15 is 0 Å². The third kappa shape index (κ3) is 3.64. The lowest BCUT2D eigenvalue weighted by atomic mass is 9.44. The summed E-state index contributed by atoms with van der Waals surface area (Å²) in [7, 11) is 0. The van der Waals surface area contributed by atoms with Gasteiger partial charge in [0.05, 0.1) is 12.7 Å². The number of ether oxygens (including phenoxy) is 1. The van der Waals surface area contributed by atoms with Gasteiger partial charge in [-0.2, -0.15) is 11.3 Å². The average molecular weight is 456 g/mol. The molecule has 3 heteroatoms. The van der Waals surface area contributed by atoms with Gasteiger partial charge in [0, 0.05) is 6.54 Å². The highest BCUT2D eigenvalue weighted by Crippen LogP contribution is 2.69. The van der Waals surface area contributed by atoms with E-state index in [0.717, 1.165) is 42.7 Å². The first-order chi connectivity index (χ1) is 15.6. The van der Waals surface area contributed by atoms with E-state index in [2.05, 4.69) is 35.6 Å². The smallest absolute Gasteiger partial charge is 0.0597 e. The first-order valence-corrected chi connectivity index (χ1v) is 14.9. The van der Waals surface area contributed by atoms with Crippen LogP contribution in [0.4, 0.5) is 0 Å². The van der Waals surface area contributed by atoms with Crippen molar-refractivity contribution in [3.05, 3.63) is 22.4 Å². The van der Waals surface area contributed by atoms with Gasteiger partial charge in [0.2, 0.25) is 0 Å². The Hall–Kier alpha value is -0.380. The lowest BCUT2D eigenvalue weighted by molar-refractivity contribution is -0.132. The second-order valence-corrected chi connectivity index (χ2v) is 13.5. The van der Waals surface area contributed by atoms with E-state index in [0.29, 0.717) is 16.9 Å². The summed E-state index contributed by atoms with van der Waals surface area (Å²) in [6, 6.07) is 2.43. The molecule has 1 aromatic rings. The van der Waals surface area contributed by atoms with Gasteiger partial charge in [0.15, 0.2) is 0 Å². The quantitative estimate of drug-likeness (QED) is 0.460. The van der Waals surface area contributed by atoms with Gasteiger partial charge in [-0.15, -0.1) is 0 Å². The van der Waals surface area contributed by atoms with Crippen molar-refractivity contribution in [1.82, 2.24) is 4.90 Å². The van der Waals surface area contributed by atoms with Crippen LogP contribution in [0.15, 0.2) is 16.8 Å². The predicted molar refractivity (Wildman–Crippen MR) is 134 cm³/mol. The van der Waals surface area contributed by atoms with E-state index in [-0.39, 0.29) is 0 Å². The molecule has 4 aliphatic carbocycles. The molecule has 4 saturated carbocycles. The van der Waals surface area contributed by atoms with E-state index < -0.39 is 0 Å². The molecule has 0 amide bonds. The van der Waals surface area contributed by atoms with E-state index in [1.807, 2.05) is 11.3 Å². The van der Waals surface area contributed by atoms with Crippen molar-refractivity contribution in [1.29, 1.82) is 0 Å². The molecule has 1 saturated heterocycles. The molecule has 0 aromatic carbocycles. The summed E-state index contributed by atoms with van der Waals surface area (Å²) >= 11 is 1.90. The molecule has 178 valence electrons. The van der Waals surface area contributed by atoms with Gasteiger partial charge in [0.25, 0.3) is 0 Å². The molecule has 1 aromatic heterocycles. The molecule has 0 N–H and O–H groups in total. The second kappa shape index (κ2) is 8.68. The number of rotatable bonds is 5. The van der Waals surface area contributed by atoms with Crippen molar-refractivity contribution in [2.45, 2.75) is 96.5 Å². The largest absolute Gasteiger partial charge is 0.377 e. The second-order valence-electron chi connectivity index (χ2n) is 12.7. The molecule has 5 aliphatic rings. The summed E-state index contributed by atoms with van der Waals surface area (Å²) in [5.74, 6) is 4.67. The molecule has 1 aliphatic heterocycles. The maximum atomic E-state index is 6.48. The third-order valence-electron chi connectivity index (χ3n) is 11.5. The molecular weight excluding hydrogens is 410 g/mol. The van der Waals surface area contributed by atoms with Crippen molar-refractivity contribution in [3.63, 3.8) is 0 Å². The van der Waals surface area contributed by atoms with Gasteiger partial charge in [-0.3, -0.25) is 0 Å². The molecule has 0 bridgehead atoms.